The van der Waals surface area contributed by atoms with Gasteiger partial charge in [-0.2, -0.15) is 0 Å². The third kappa shape index (κ3) is 5.07. The molecule has 3 atom stereocenters. The van der Waals surface area contributed by atoms with Gasteiger partial charge in [-0.1, -0.05) is 23.8 Å². The summed E-state index contributed by atoms with van der Waals surface area (Å²) >= 11 is 1.28. The Bertz CT molecular complexity index is 1600. The first-order valence-corrected chi connectivity index (χ1v) is 13.4. The second-order valence-corrected chi connectivity index (χ2v) is 11.2. The van der Waals surface area contributed by atoms with Crippen molar-refractivity contribution in [1.82, 2.24) is 14.9 Å². The van der Waals surface area contributed by atoms with Crippen molar-refractivity contribution in [2.24, 2.45) is 16.6 Å². The summed E-state index contributed by atoms with van der Waals surface area (Å²) in [4.78, 5) is 27.0. The van der Waals surface area contributed by atoms with Gasteiger partial charge >= 0.3 is 0 Å². The van der Waals surface area contributed by atoms with Crippen LogP contribution in [0, 0.1) is 23.6 Å². The molecule has 1 amide bonds. The van der Waals surface area contributed by atoms with Crippen molar-refractivity contribution < 1.29 is 18.3 Å². The molecule has 206 valence electrons. The summed E-state index contributed by atoms with van der Waals surface area (Å²) in [5, 5.41) is 4.12. The minimum Gasteiger partial charge on any atom is -0.479 e. The van der Waals surface area contributed by atoms with Gasteiger partial charge in [0, 0.05) is 53.7 Å². The fourth-order valence-corrected chi connectivity index (χ4v) is 6.26. The second kappa shape index (κ2) is 10.8. The number of benzene rings is 1. The molecule has 0 saturated heterocycles. The van der Waals surface area contributed by atoms with E-state index in [1.54, 1.807) is 57.7 Å². The number of likely N-dealkylation sites (N-methyl/N-ethyl adjacent to an activating group) is 1. The Morgan fingerprint density at radius 2 is 2.15 bits per heavy atom. The molecule has 8 nitrogen and oxygen atoms in total. The quantitative estimate of drug-likeness (QED) is 0.307. The number of nitrogens with two attached hydrogens (primary N) is 1. The summed E-state index contributed by atoms with van der Waals surface area (Å²) < 4.78 is 35.3. The number of hydrogen-bond acceptors (Lipinski definition) is 8. The predicted octanol–water partition coefficient (Wildman–Crippen LogP) is 4.54. The van der Waals surface area contributed by atoms with E-state index >= 15 is 4.39 Å². The van der Waals surface area contributed by atoms with Gasteiger partial charge in [-0.15, -0.1) is 5.92 Å². The van der Waals surface area contributed by atoms with Crippen LogP contribution in [-0.4, -0.2) is 58.1 Å². The Morgan fingerprint density at radius 3 is 2.90 bits per heavy atom. The van der Waals surface area contributed by atoms with Crippen molar-refractivity contribution in [2.45, 2.75) is 23.6 Å². The molecule has 1 saturated carbocycles. The number of alkyl halides is 1. The van der Waals surface area contributed by atoms with Crippen LogP contribution >= 0.6 is 11.8 Å². The zero-order valence-corrected chi connectivity index (χ0v) is 23.1. The van der Waals surface area contributed by atoms with Crippen molar-refractivity contribution in [2.75, 3.05) is 32.7 Å². The molecule has 1 fully saturated rings. The van der Waals surface area contributed by atoms with Crippen molar-refractivity contribution >= 4 is 45.2 Å². The first-order chi connectivity index (χ1) is 19.2. The number of aromatic nitrogens is 2. The summed E-state index contributed by atoms with van der Waals surface area (Å²) in [6, 6.07) is 8.00. The maximum Gasteiger partial charge on any atom is 0.245 e. The second-order valence-electron chi connectivity index (χ2n) is 9.83. The Kier molecular flexibility index (Phi) is 7.38. The zero-order chi connectivity index (χ0) is 28.5. The summed E-state index contributed by atoms with van der Waals surface area (Å²) in [6.07, 6.45) is 6.91. The number of fused-ring (bicyclic) bond motifs is 2. The number of nitrogens with one attached hydrogen (secondary N) is 1. The lowest BCUT2D eigenvalue weighted by molar-refractivity contribution is -0.123. The third-order valence-electron chi connectivity index (χ3n) is 7.04. The van der Waals surface area contributed by atoms with E-state index < -0.39 is 22.8 Å². The zero-order valence-electron chi connectivity index (χ0n) is 22.2. The van der Waals surface area contributed by atoms with E-state index in [0.717, 1.165) is 5.39 Å². The van der Waals surface area contributed by atoms with Gasteiger partial charge < -0.3 is 20.7 Å². The molecule has 3 heterocycles. The number of amidine groups is 1. The molecular formula is C29H28F2N6O2S. The Morgan fingerprint density at radius 1 is 1.32 bits per heavy atom. The number of thioether (sulfide) groups is 1. The molecule has 1 aliphatic carbocycles. The molecular weight excluding hydrogens is 534 g/mol. The van der Waals surface area contributed by atoms with Crippen LogP contribution in [-0.2, 0) is 10.3 Å². The highest BCUT2D eigenvalue weighted by molar-refractivity contribution is 8.15. The molecule has 40 heavy (non-hydrogen) atoms. The average Bonchev–Trinajstić information content (AvgIpc) is 3.67. The van der Waals surface area contributed by atoms with Crippen LogP contribution in [0.4, 0.5) is 20.3 Å². The molecule has 3 N–H and O–H groups in total. The number of pyridine rings is 2. The minimum absolute atomic E-state index is 0.0865. The largest absolute Gasteiger partial charge is 0.479 e. The number of ether oxygens (including phenoxy) is 1. The predicted molar refractivity (Wildman–Crippen MR) is 154 cm³/mol. The maximum atomic E-state index is 15.4. The first kappa shape index (κ1) is 27.4. The van der Waals surface area contributed by atoms with Crippen LogP contribution in [0.3, 0.4) is 0 Å². The number of carbonyl (C=O) groups excluding carboxylic acids is 1. The molecule has 3 aromatic rings. The highest BCUT2D eigenvalue weighted by Gasteiger charge is 2.67. The standard InChI is InChI=1S/C29H28F2N6O2S/c1-4-5-12-39-20-13-18-9-11-33-26(25(18)34-16-20)35-19-6-7-22(31)21(14-19)29(17-30)23-15-28(23,40-27(32)36-29)10-8-24(38)37(2)3/h6-11,13-14,16,23H,12,15,17H2,1-3H3,(H2,32,36)(H,33,35)/b10-8+/t23?,28-,29+/m0/s1. The van der Waals surface area contributed by atoms with Crippen molar-refractivity contribution in [3.63, 3.8) is 0 Å². The molecule has 1 aromatic carbocycles. The summed E-state index contributed by atoms with van der Waals surface area (Å²) in [6.45, 7) is 1.04. The van der Waals surface area contributed by atoms with Crippen LogP contribution in [0.25, 0.3) is 10.9 Å². The van der Waals surface area contributed by atoms with E-state index in [1.165, 1.54) is 28.8 Å². The summed E-state index contributed by atoms with van der Waals surface area (Å²) in [5.41, 5.74) is 5.79. The number of carbonyl (C=O) groups is 1. The number of rotatable bonds is 8. The molecule has 5 rings (SSSR count). The van der Waals surface area contributed by atoms with Gasteiger partial charge in [0.15, 0.2) is 11.0 Å². The van der Waals surface area contributed by atoms with E-state index in [0.29, 0.717) is 29.2 Å². The number of amides is 1. The van der Waals surface area contributed by atoms with Crippen LogP contribution in [0.15, 0.2) is 59.9 Å². The SMILES string of the molecule is CC#CCOc1cnc2c(Nc3ccc(F)c([C@@]4(CF)N=C(N)S[C@@]5(/C=C/C(=O)N(C)C)CC54)c3)nccc2c1. The van der Waals surface area contributed by atoms with Gasteiger partial charge in [0.05, 0.1) is 6.20 Å². The molecule has 0 bridgehead atoms. The lowest BCUT2D eigenvalue weighted by Crippen LogP contribution is -2.39. The minimum atomic E-state index is -1.53. The topological polar surface area (TPSA) is 106 Å². The van der Waals surface area contributed by atoms with Gasteiger partial charge in [0.25, 0.3) is 0 Å². The third-order valence-corrected chi connectivity index (χ3v) is 8.31. The lowest BCUT2D eigenvalue weighted by Gasteiger charge is -2.34. The monoisotopic (exact) mass is 562 g/mol. The van der Waals surface area contributed by atoms with Crippen LogP contribution in [0.2, 0.25) is 0 Å². The van der Waals surface area contributed by atoms with Crippen LogP contribution in [0.5, 0.6) is 5.75 Å². The lowest BCUT2D eigenvalue weighted by atomic mass is 9.84. The van der Waals surface area contributed by atoms with E-state index in [4.69, 9.17) is 10.5 Å². The molecule has 2 aromatic heterocycles. The highest BCUT2D eigenvalue weighted by Crippen LogP contribution is 2.67. The van der Waals surface area contributed by atoms with E-state index in [2.05, 4.69) is 32.1 Å². The van der Waals surface area contributed by atoms with Crippen LogP contribution in [0.1, 0.15) is 18.9 Å². The molecule has 1 unspecified atom stereocenters. The number of nitrogens with zero attached hydrogens (tertiary/aromatic N) is 4. The first-order valence-electron chi connectivity index (χ1n) is 12.6. The fraction of sp³-hybridized carbons (Fsp3) is 0.310. The number of hydrogen-bond donors (Lipinski definition) is 2. The molecule has 1 aliphatic heterocycles. The Labute approximate surface area is 235 Å². The van der Waals surface area contributed by atoms with Crippen molar-refractivity contribution in [3.8, 4) is 17.6 Å². The highest BCUT2D eigenvalue weighted by atomic mass is 32.2. The van der Waals surface area contributed by atoms with Gasteiger partial charge in [-0.25, -0.2) is 23.7 Å². The van der Waals surface area contributed by atoms with E-state index in [1.807, 2.05) is 6.07 Å². The van der Waals surface area contributed by atoms with Crippen molar-refractivity contribution in [3.05, 3.63) is 66.3 Å². The smallest absolute Gasteiger partial charge is 0.245 e. The molecule has 11 heteroatoms. The molecule has 2 aliphatic rings. The van der Waals surface area contributed by atoms with Gasteiger partial charge in [0.1, 0.15) is 35.9 Å². The molecule has 0 spiro atoms. The normalized spacial score (nSPS) is 23.1. The van der Waals surface area contributed by atoms with E-state index in [-0.39, 0.29) is 29.2 Å². The average molecular weight is 563 g/mol. The summed E-state index contributed by atoms with van der Waals surface area (Å²) in [7, 11) is 3.29. The maximum absolute atomic E-state index is 15.4. The Balaban J connectivity index is 1.47. The van der Waals surface area contributed by atoms with Gasteiger partial charge in [-0.3, -0.25) is 4.79 Å². The number of aliphatic imine (C=N–C) groups is 1. The number of anilines is 2. The fourth-order valence-electron chi connectivity index (χ4n) is 4.93. The van der Waals surface area contributed by atoms with Crippen molar-refractivity contribution in [1.29, 1.82) is 0 Å². The van der Waals surface area contributed by atoms with Crippen LogP contribution < -0.4 is 15.8 Å². The number of halogens is 2. The van der Waals surface area contributed by atoms with Gasteiger partial charge in [0.2, 0.25) is 5.91 Å². The Hall–Kier alpha value is -4.17. The van der Waals surface area contributed by atoms with Gasteiger partial charge in [-0.05, 0) is 43.7 Å². The molecule has 0 radical (unpaired) electrons. The van der Waals surface area contributed by atoms with E-state index in [9.17, 15) is 9.18 Å². The summed E-state index contributed by atoms with van der Waals surface area (Å²) in [5.74, 6) is 5.45.